The molecule has 2 aromatic rings. The molecule has 12 heteroatoms. The molecule has 200 valence electrons. The van der Waals surface area contributed by atoms with Crippen molar-refractivity contribution in [3.05, 3.63) is 60.0 Å². The molecule has 4 heterocycles. The Morgan fingerprint density at radius 1 is 1.14 bits per heavy atom. The van der Waals surface area contributed by atoms with Gasteiger partial charge in [0, 0.05) is 38.4 Å². The molecule has 0 bridgehead atoms. The molecule has 0 N–H and O–H groups in total. The monoisotopic (exact) mass is 549 g/mol. The Morgan fingerprint density at radius 3 is 2.43 bits per heavy atom. The van der Waals surface area contributed by atoms with Crippen molar-refractivity contribution in [3.8, 4) is 0 Å². The zero-order valence-electron chi connectivity index (χ0n) is 21.1. The van der Waals surface area contributed by atoms with Crippen LogP contribution in [-0.4, -0.2) is 84.3 Å². The van der Waals surface area contributed by atoms with Gasteiger partial charge in [-0.05, 0) is 24.1 Å². The van der Waals surface area contributed by atoms with Gasteiger partial charge in [0.1, 0.15) is 6.26 Å². The molecule has 2 atom stereocenters. The predicted molar refractivity (Wildman–Crippen MR) is 141 cm³/mol. The van der Waals surface area contributed by atoms with Crippen LogP contribution in [0.25, 0.3) is 0 Å². The lowest BCUT2D eigenvalue weighted by Gasteiger charge is -2.35. The molecule has 0 spiro atoms. The number of nitrogens with zero attached hydrogens (tertiary/aromatic N) is 5. The van der Waals surface area contributed by atoms with E-state index in [2.05, 4.69) is 26.9 Å². The van der Waals surface area contributed by atoms with Crippen LogP contribution in [0.15, 0.2) is 52.8 Å². The number of hydrogen-bond donors (Lipinski definition) is 0. The van der Waals surface area contributed by atoms with Gasteiger partial charge in [-0.3, -0.25) is 14.5 Å². The third kappa shape index (κ3) is 5.12. The molecule has 1 aromatic heterocycles. The number of anilines is 1. The first-order chi connectivity index (χ1) is 17.1. The van der Waals surface area contributed by atoms with E-state index in [1.54, 1.807) is 6.08 Å². The molecule has 3 aliphatic rings. The lowest BCUT2D eigenvalue weighted by Crippen LogP contribution is -2.46. The zero-order valence-corrected chi connectivity index (χ0v) is 22.7. The maximum absolute atomic E-state index is 13.4. The number of sulfonamides is 1. The normalized spacial score (nSPS) is 22.3. The van der Waals surface area contributed by atoms with E-state index in [9.17, 15) is 18.0 Å². The summed E-state index contributed by atoms with van der Waals surface area (Å²) < 4.78 is 31.1. The highest BCUT2D eigenvalue weighted by atomic mass is 35.5. The van der Waals surface area contributed by atoms with E-state index < -0.39 is 27.9 Å². The number of hydrogen-bond acceptors (Lipinski definition) is 8. The minimum absolute atomic E-state index is 0. The Balaban J connectivity index is 0.00000320. The third-order valence-corrected chi connectivity index (χ3v) is 8.18. The third-order valence-electron chi connectivity index (χ3n) is 7.13. The summed E-state index contributed by atoms with van der Waals surface area (Å²) in [6.07, 6.45) is 4.02. The average Bonchev–Trinajstić information content (AvgIpc) is 3.53. The lowest BCUT2D eigenvalue weighted by molar-refractivity contribution is -0.128. The smallest absolute Gasteiger partial charge is 0.276 e. The number of carbonyl (C=O) groups is 2. The van der Waals surface area contributed by atoms with E-state index in [0.717, 1.165) is 36.7 Å². The number of para-hydroxylation sites is 1. The van der Waals surface area contributed by atoms with Crippen LogP contribution in [0.5, 0.6) is 0 Å². The van der Waals surface area contributed by atoms with Crippen molar-refractivity contribution in [2.45, 2.75) is 26.4 Å². The number of carbonyl (C=O) groups excluding carboxylic acids is 2. The number of oxazole rings is 1. The Morgan fingerprint density at radius 2 is 1.81 bits per heavy atom. The molecule has 2 saturated heterocycles. The van der Waals surface area contributed by atoms with Crippen LogP contribution in [-0.2, 0) is 21.4 Å². The molecule has 0 saturated carbocycles. The van der Waals surface area contributed by atoms with E-state index in [1.807, 2.05) is 32.0 Å². The number of benzene rings is 1. The fraction of sp³-hybridized carbons (Fsp3) is 0.480. The van der Waals surface area contributed by atoms with Gasteiger partial charge < -0.3 is 14.2 Å². The second-order valence-corrected chi connectivity index (χ2v) is 11.7. The molecule has 0 radical (unpaired) electrons. The second kappa shape index (κ2) is 10.5. The predicted octanol–water partition coefficient (Wildman–Crippen LogP) is 2.20. The van der Waals surface area contributed by atoms with E-state index in [1.165, 1.54) is 16.9 Å². The van der Waals surface area contributed by atoms with Gasteiger partial charge in [0.25, 0.3) is 5.91 Å². The van der Waals surface area contributed by atoms with Crippen LogP contribution in [0.1, 0.15) is 30.2 Å². The number of rotatable bonds is 6. The molecule has 1 aromatic carbocycles. The van der Waals surface area contributed by atoms with Gasteiger partial charge in [-0.25, -0.2) is 17.7 Å². The van der Waals surface area contributed by atoms with Gasteiger partial charge in [-0.1, -0.05) is 32.0 Å². The highest BCUT2D eigenvalue weighted by Gasteiger charge is 2.55. The van der Waals surface area contributed by atoms with E-state index in [4.69, 9.17) is 4.42 Å². The number of amides is 2. The average molecular weight is 550 g/mol. The highest BCUT2D eigenvalue weighted by molar-refractivity contribution is 7.89. The number of halogens is 1. The molecular formula is C25H32ClN5O5S. The van der Waals surface area contributed by atoms with Crippen molar-refractivity contribution in [2.24, 2.45) is 11.8 Å². The van der Waals surface area contributed by atoms with E-state index >= 15 is 0 Å². The minimum atomic E-state index is -3.79. The SMILES string of the molecule is CC(C)[C@@H]1C(=O)N(S(C)(=O)=O)C2=CCN(C(=O)c3coc(CN4CCN(c5ccccc5)CC4)n3)[C@H]21.Cl. The van der Waals surface area contributed by atoms with Crippen molar-refractivity contribution in [1.82, 2.24) is 19.1 Å². The standard InChI is InChI=1S/C25H31N5O5S.ClH/c1-17(2)22-23-20(30(25(22)32)36(3,33)34)9-10-29(23)24(31)19-16-35-21(26-19)15-27-11-13-28(14-12-27)18-7-5-4-6-8-18;/h4-9,16-17,22-23H,10-15H2,1-3H3;1H/t22-,23+;/m0./s1. The second-order valence-electron chi connectivity index (χ2n) is 9.89. The fourth-order valence-electron chi connectivity index (χ4n) is 5.40. The van der Waals surface area contributed by atoms with Crippen molar-refractivity contribution < 1.29 is 22.4 Å². The summed E-state index contributed by atoms with van der Waals surface area (Å²) in [4.78, 5) is 36.9. The summed E-state index contributed by atoms with van der Waals surface area (Å²) in [6, 6.07) is 9.67. The Bertz CT molecular complexity index is 1290. The van der Waals surface area contributed by atoms with Gasteiger partial charge in [-0.2, -0.15) is 0 Å². The van der Waals surface area contributed by atoms with E-state index in [-0.39, 0.29) is 36.5 Å². The van der Waals surface area contributed by atoms with Crippen LogP contribution in [0.3, 0.4) is 0 Å². The number of aromatic nitrogens is 1. The minimum Gasteiger partial charge on any atom is -0.447 e. The zero-order chi connectivity index (χ0) is 25.6. The molecule has 5 rings (SSSR count). The van der Waals surface area contributed by atoms with Crippen molar-refractivity contribution in [3.63, 3.8) is 0 Å². The molecule has 2 fully saturated rings. The Kier molecular flexibility index (Phi) is 7.68. The Hall–Kier alpha value is -2.89. The molecular weight excluding hydrogens is 518 g/mol. The highest BCUT2D eigenvalue weighted by Crippen LogP contribution is 2.41. The Labute approximate surface area is 223 Å². The summed E-state index contributed by atoms with van der Waals surface area (Å²) >= 11 is 0. The first-order valence-electron chi connectivity index (χ1n) is 12.2. The summed E-state index contributed by atoms with van der Waals surface area (Å²) in [6.45, 7) is 7.91. The summed E-state index contributed by atoms with van der Waals surface area (Å²) in [5.41, 5.74) is 1.73. The van der Waals surface area contributed by atoms with Gasteiger partial charge >= 0.3 is 0 Å². The summed E-state index contributed by atoms with van der Waals surface area (Å²) in [7, 11) is -3.79. The first-order valence-corrected chi connectivity index (χ1v) is 14.0. The molecule has 10 nitrogen and oxygen atoms in total. The largest absolute Gasteiger partial charge is 0.447 e. The summed E-state index contributed by atoms with van der Waals surface area (Å²) in [5.74, 6) is -1.18. The molecule has 3 aliphatic heterocycles. The number of fused-ring (bicyclic) bond motifs is 1. The van der Waals surface area contributed by atoms with Gasteiger partial charge in [0.2, 0.25) is 21.8 Å². The topological polar surface area (TPSA) is 107 Å². The maximum Gasteiger partial charge on any atom is 0.276 e. The molecule has 0 aliphatic carbocycles. The first kappa shape index (κ1) is 27.2. The van der Waals surface area contributed by atoms with Crippen LogP contribution < -0.4 is 4.90 Å². The van der Waals surface area contributed by atoms with Crippen LogP contribution >= 0.6 is 12.4 Å². The quantitative estimate of drug-likeness (QED) is 0.540. The van der Waals surface area contributed by atoms with Crippen molar-refractivity contribution in [1.29, 1.82) is 0 Å². The van der Waals surface area contributed by atoms with Gasteiger partial charge in [0.05, 0.1) is 30.5 Å². The van der Waals surface area contributed by atoms with Crippen LogP contribution in [0, 0.1) is 11.8 Å². The fourth-order valence-corrected chi connectivity index (χ4v) is 6.42. The van der Waals surface area contributed by atoms with Crippen LogP contribution in [0.4, 0.5) is 5.69 Å². The van der Waals surface area contributed by atoms with Crippen LogP contribution in [0.2, 0.25) is 0 Å². The lowest BCUT2D eigenvalue weighted by atomic mass is 9.89. The van der Waals surface area contributed by atoms with E-state index in [0.29, 0.717) is 18.1 Å². The molecule has 2 amide bonds. The maximum atomic E-state index is 13.4. The van der Waals surface area contributed by atoms with Crippen molar-refractivity contribution in [2.75, 3.05) is 43.9 Å². The summed E-state index contributed by atoms with van der Waals surface area (Å²) in [5, 5.41) is 0. The number of piperazine rings is 1. The van der Waals surface area contributed by atoms with Gasteiger partial charge in [0.15, 0.2) is 5.69 Å². The van der Waals surface area contributed by atoms with Gasteiger partial charge in [-0.15, -0.1) is 12.4 Å². The van der Waals surface area contributed by atoms with Crippen molar-refractivity contribution >= 4 is 39.9 Å². The molecule has 0 unspecified atom stereocenters. The molecule has 37 heavy (non-hydrogen) atoms.